The topological polar surface area (TPSA) is 55.6 Å². The van der Waals surface area contributed by atoms with Crippen LogP contribution in [-0.4, -0.2) is 17.9 Å². The average Bonchev–Trinajstić information content (AvgIpc) is 2.52. The minimum Gasteiger partial charge on any atom is -0.307 e. The fourth-order valence-corrected chi connectivity index (χ4v) is 5.09. The van der Waals surface area contributed by atoms with E-state index in [0.29, 0.717) is 19.3 Å². The highest BCUT2D eigenvalue weighted by Gasteiger charge is 2.59. The van der Waals surface area contributed by atoms with Gasteiger partial charge in [0.15, 0.2) is 11.6 Å². The quantitative estimate of drug-likeness (QED) is 0.551. The molecule has 0 saturated heterocycles. The van der Waals surface area contributed by atoms with Gasteiger partial charge in [-0.15, -0.1) is 0 Å². The zero-order valence-electron chi connectivity index (χ0n) is 13.8. The Kier molecular flexibility index (Phi) is 3.27. The molecule has 0 radical (unpaired) electrons. The van der Waals surface area contributed by atoms with Crippen molar-refractivity contribution in [3.05, 3.63) is 34.8 Å². The van der Waals surface area contributed by atoms with Crippen molar-refractivity contribution in [3.63, 3.8) is 0 Å². The monoisotopic (exact) mass is 311 g/mol. The predicted octanol–water partition coefficient (Wildman–Crippen LogP) is 3.29. The number of nitrogens with zero attached hydrogens (tertiary/aromatic N) is 1. The van der Waals surface area contributed by atoms with E-state index in [0.717, 1.165) is 18.3 Å². The third-order valence-corrected chi connectivity index (χ3v) is 6.31. The molecule has 3 atom stereocenters. The molecule has 0 aromatic rings. The number of hydrogen-bond donors (Lipinski definition) is 0. The first-order valence-corrected chi connectivity index (χ1v) is 8.08. The molecule has 0 spiro atoms. The van der Waals surface area contributed by atoms with Crippen LogP contribution in [0.15, 0.2) is 23.4 Å². The first-order chi connectivity index (χ1) is 10.7. The van der Waals surface area contributed by atoms with Gasteiger partial charge in [-0.2, -0.15) is 0 Å². The molecule has 120 valence electrons. The number of Topliss-reactive ketones (excluding diaryl/α,β-unsaturated/α-hetero) is 1. The highest BCUT2D eigenvalue weighted by Crippen LogP contribution is 2.63. The molecule has 3 rings (SSSR count). The highest BCUT2D eigenvalue weighted by molar-refractivity contribution is 6.03. The molecule has 1 saturated carbocycles. The van der Waals surface area contributed by atoms with Crippen LogP contribution in [0.2, 0.25) is 0 Å². The Bertz CT molecular complexity index is 721. The fourth-order valence-electron chi connectivity index (χ4n) is 5.09. The van der Waals surface area contributed by atoms with Crippen molar-refractivity contribution < 1.29 is 14.4 Å². The van der Waals surface area contributed by atoms with Gasteiger partial charge in [0.05, 0.1) is 6.57 Å². The maximum atomic E-state index is 12.6. The number of fused-ring (bicyclic) bond motifs is 3. The van der Waals surface area contributed by atoms with Crippen molar-refractivity contribution in [2.24, 2.45) is 22.2 Å². The Morgan fingerprint density at radius 2 is 1.96 bits per heavy atom. The van der Waals surface area contributed by atoms with E-state index in [-0.39, 0.29) is 23.2 Å². The zero-order valence-corrected chi connectivity index (χ0v) is 13.8. The van der Waals surface area contributed by atoms with Crippen LogP contribution in [0.5, 0.6) is 0 Å². The molecule has 3 aliphatic carbocycles. The van der Waals surface area contributed by atoms with E-state index in [1.54, 1.807) is 12.2 Å². The SMILES string of the molecule is [C-]#[N+]C1=C[C@]2(C)C3=CC(=O)CC[C@]3(C=O)CC[C@H]2C(C)(C)C1=O. The fraction of sp³-hybridized carbons (Fsp3) is 0.579. The van der Waals surface area contributed by atoms with Crippen LogP contribution >= 0.6 is 0 Å². The molecular formula is C19H21NO3. The van der Waals surface area contributed by atoms with Crippen molar-refractivity contribution in [2.45, 2.75) is 46.5 Å². The summed E-state index contributed by atoms with van der Waals surface area (Å²) in [6, 6.07) is 0. The van der Waals surface area contributed by atoms with Crippen LogP contribution in [0.25, 0.3) is 4.85 Å². The smallest absolute Gasteiger partial charge is 0.226 e. The summed E-state index contributed by atoms with van der Waals surface area (Å²) in [6.45, 7) is 13.1. The van der Waals surface area contributed by atoms with Crippen LogP contribution < -0.4 is 0 Å². The molecule has 0 aromatic heterocycles. The van der Waals surface area contributed by atoms with E-state index in [2.05, 4.69) is 4.85 Å². The summed E-state index contributed by atoms with van der Waals surface area (Å²) in [5.41, 5.74) is -0.922. The van der Waals surface area contributed by atoms with Gasteiger partial charge in [-0.3, -0.25) is 4.79 Å². The molecule has 0 N–H and O–H groups in total. The molecule has 0 bridgehead atoms. The molecule has 3 aliphatic rings. The molecule has 0 aliphatic heterocycles. The molecule has 4 nitrogen and oxygen atoms in total. The van der Waals surface area contributed by atoms with Crippen LogP contribution in [-0.2, 0) is 14.4 Å². The summed E-state index contributed by atoms with van der Waals surface area (Å²) in [5.74, 6) is -0.0960. The Labute approximate surface area is 136 Å². The first kappa shape index (κ1) is 15.9. The van der Waals surface area contributed by atoms with Gasteiger partial charge in [-0.1, -0.05) is 26.8 Å². The van der Waals surface area contributed by atoms with E-state index >= 15 is 0 Å². The van der Waals surface area contributed by atoms with Crippen molar-refractivity contribution >= 4 is 17.9 Å². The Hall–Kier alpha value is -2.02. The third kappa shape index (κ3) is 1.92. The molecular weight excluding hydrogens is 290 g/mol. The Morgan fingerprint density at radius 1 is 1.26 bits per heavy atom. The van der Waals surface area contributed by atoms with E-state index in [1.807, 2.05) is 20.8 Å². The predicted molar refractivity (Wildman–Crippen MR) is 85.1 cm³/mol. The van der Waals surface area contributed by atoms with Gasteiger partial charge in [0, 0.05) is 22.7 Å². The van der Waals surface area contributed by atoms with E-state index in [1.165, 1.54) is 0 Å². The Balaban J connectivity index is 2.28. The summed E-state index contributed by atoms with van der Waals surface area (Å²) in [7, 11) is 0. The zero-order chi connectivity index (χ0) is 17.0. The Morgan fingerprint density at radius 3 is 2.57 bits per heavy atom. The van der Waals surface area contributed by atoms with Gasteiger partial charge >= 0.3 is 0 Å². The summed E-state index contributed by atoms with van der Waals surface area (Å²) >= 11 is 0. The molecule has 4 heteroatoms. The van der Waals surface area contributed by atoms with E-state index < -0.39 is 16.2 Å². The van der Waals surface area contributed by atoms with Crippen LogP contribution in [0, 0.1) is 28.7 Å². The largest absolute Gasteiger partial charge is 0.307 e. The molecule has 1 fully saturated rings. The number of hydrogen-bond acceptors (Lipinski definition) is 3. The molecule has 0 aromatic carbocycles. The number of allylic oxidation sites excluding steroid dienone is 4. The third-order valence-electron chi connectivity index (χ3n) is 6.31. The summed E-state index contributed by atoms with van der Waals surface area (Å²) < 4.78 is 0. The lowest BCUT2D eigenvalue weighted by atomic mass is 9.45. The highest BCUT2D eigenvalue weighted by atomic mass is 16.1. The number of carbonyl (C=O) groups is 3. The molecule has 0 heterocycles. The van der Waals surface area contributed by atoms with E-state index in [9.17, 15) is 14.4 Å². The second-order valence-electron chi connectivity index (χ2n) is 7.86. The second-order valence-corrected chi connectivity index (χ2v) is 7.86. The van der Waals surface area contributed by atoms with Gasteiger partial charge in [-0.25, -0.2) is 4.85 Å². The lowest BCUT2D eigenvalue weighted by molar-refractivity contribution is -0.132. The maximum Gasteiger partial charge on any atom is 0.226 e. The molecule has 23 heavy (non-hydrogen) atoms. The lowest BCUT2D eigenvalue weighted by Crippen LogP contribution is -2.54. The minimum atomic E-state index is -0.667. The number of ketones is 2. The van der Waals surface area contributed by atoms with Crippen molar-refractivity contribution in [1.82, 2.24) is 0 Å². The summed E-state index contributed by atoms with van der Waals surface area (Å²) in [5, 5.41) is 0. The van der Waals surface area contributed by atoms with Gasteiger partial charge in [0.2, 0.25) is 5.70 Å². The minimum absolute atomic E-state index is 0.00164. The first-order valence-electron chi connectivity index (χ1n) is 8.08. The second kappa shape index (κ2) is 4.74. The molecule has 0 unspecified atom stereocenters. The summed E-state index contributed by atoms with van der Waals surface area (Å²) in [6.07, 6.45) is 6.69. The normalized spacial score (nSPS) is 38.6. The van der Waals surface area contributed by atoms with Gasteiger partial charge in [-0.05, 0) is 36.8 Å². The van der Waals surface area contributed by atoms with Gasteiger partial charge < -0.3 is 9.59 Å². The van der Waals surface area contributed by atoms with Gasteiger partial charge in [0.1, 0.15) is 6.29 Å². The van der Waals surface area contributed by atoms with Crippen molar-refractivity contribution in [2.75, 3.05) is 0 Å². The van der Waals surface area contributed by atoms with Crippen LogP contribution in [0.4, 0.5) is 0 Å². The van der Waals surface area contributed by atoms with Gasteiger partial charge in [0.25, 0.3) is 0 Å². The van der Waals surface area contributed by atoms with Crippen molar-refractivity contribution in [1.29, 1.82) is 0 Å². The molecule has 0 amide bonds. The number of aldehydes is 1. The average molecular weight is 311 g/mol. The van der Waals surface area contributed by atoms with E-state index in [4.69, 9.17) is 6.57 Å². The lowest BCUT2D eigenvalue weighted by Gasteiger charge is -2.57. The van der Waals surface area contributed by atoms with Crippen LogP contribution in [0.1, 0.15) is 46.5 Å². The standard InChI is InChI=1S/C19H21NO3/c1-17(2)14-6-8-19(11-21)7-5-12(22)9-15(19)18(14,3)10-13(20-4)16(17)23/h9-11,14H,5-8H2,1-3H3/t14-,18-,19+/m0/s1. The van der Waals surface area contributed by atoms with Crippen molar-refractivity contribution in [3.8, 4) is 0 Å². The number of rotatable bonds is 1. The summed E-state index contributed by atoms with van der Waals surface area (Å²) in [4.78, 5) is 40.0. The number of carbonyl (C=O) groups excluding carboxylic acids is 3. The maximum absolute atomic E-state index is 12.6. The van der Waals surface area contributed by atoms with Crippen LogP contribution in [0.3, 0.4) is 0 Å².